The van der Waals surface area contributed by atoms with Gasteiger partial charge in [0.05, 0.1) is 0 Å². The van der Waals surface area contributed by atoms with Gasteiger partial charge in [-0.1, -0.05) is 13.8 Å². The maximum absolute atomic E-state index is 5.11. The third-order valence-corrected chi connectivity index (χ3v) is 1.25. The van der Waals surface area contributed by atoms with Crippen molar-refractivity contribution in [2.45, 2.75) is 33.1 Å². The Hall–Kier alpha value is -0.880. The monoisotopic (exact) mass is 134 g/mol. The Balaban J connectivity index is 3.45. The zero-order valence-electron chi connectivity index (χ0n) is 6.78. The zero-order chi connectivity index (χ0) is 7.82. The first-order chi connectivity index (χ1) is 4.81. The van der Waals surface area contributed by atoms with Crippen molar-refractivity contribution in [3.05, 3.63) is 0 Å². The van der Waals surface area contributed by atoms with Crippen LogP contribution in [0.1, 0.15) is 33.1 Å². The van der Waals surface area contributed by atoms with Crippen LogP contribution in [-0.4, -0.2) is 0 Å². The van der Waals surface area contributed by atoms with E-state index in [9.17, 15) is 0 Å². The summed E-state index contributed by atoms with van der Waals surface area (Å²) in [5.74, 6) is 9.24. The van der Waals surface area contributed by atoms with Gasteiger partial charge in [0, 0.05) is 18.8 Å². The number of terminal acetylenes is 1. The first-order valence-corrected chi connectivity index (χ1v) is 3.73. The fourth-order valence-electron chi connectivity index (χ4n) is 0.648. The molecule has 0 bridgehead atoms. The van der Waals surface area contributed by atoms with Gasteiger partial charge in [0.2, 0.25) is 0 Å². The van der Waals surface area contributed by atoms with Crippen molar-refractivity contribution < 1.29 is 0 Å². The maximum atomic E-state index is 5.11. The first kappa shape index (κ1) is 9.12. The lowest BCUT2D eigenvalue weighted by Gasteiger charge is -1.96. The van der Waals surface area contributed by atoms with E-state index in [0.29, 0.717) is 5.92 Å². The van der Waals surface area contributed by atoms with Gasteiger partial charge in [0.15, 0.2) is 0 Å². The Morgan fingerprint density at radius 3 is 2.70 bits per heavy atom. The van der Waals surface area contributed by atoms with Crippen molar-refractivity contribution >= 4 is 0 Å². The predicted molar refractivity (Wildman–Crippen MR) is 45.3 cm³/mol. The third kappa shape index (κ3) is 5.26. The van der Waals surface area contributed by atoms with E-state index < -0.39 is 0 Å². The highest BCUT2D eigenvalue weighted by atomic mass is 14.0. The van der Waals surface area contributed by atoms with E-state index in [1.807, 2.05) is 0 Å². The highest BCUT2D eigenvalue weighted by Crippen LogP contribution is 2.01. The fraction of sp³-hybridized carbons (Fsp3) is 0.600. The van der Waals surface area contributed by atoms with Gasteiger partial charge in [-0.15, -0.1) is 24.2 Å². The van der Waals surface area contributed by atoms with Crippen molar-refractivity contribution in [2.75, 3.05) is 0 Å². The molecule has 0 aromatic carbocycles. The molecule has 1 unspecified atom stereocenters. The molecule has 0 rings (SSSR count). The molecule has 0 N–H and O–H groups in total. The van der Waals surface area contributed by atoms with E-state index in [-0.39, 0.29) is 0 Å². The lowest BCUT2D eigenvalue weighted by molar-refractivity contribution is 0.687. The summed E-state index contributed by atoms with van der Waals surface area (Å²) < 4.78 is 0. The van der Waals surface area contributed by atoms with E-state index in [1.165, 1.54) is 0 Å². The van der Waals surface area contributed by atoms with Gasteiger partial charge in [-0.3, -0.25) is 0 Å². The zero-order valence-corrected chi connectivity index (χ0v) is 6.78. The minimum Gasteiger partial charge on any atom is -0.120 e. The Labute approximate surface area is 64.0 Å². The van der Waals surface area contributed by atoms with E-state index >= 15 is 0 Å². The molecule has 0 spiro atoms. The van der Waals surface area contributed by atoms with Crippen LogP contribution in [0.15, 0.2) is 0 Å². The van der Waals surface area contributed by atoms with Gasteiger partial charge in [0.1, 0.15) is 0 Å². The van der Waals surface area contributed by atoms with Gasteiger partial charge in [-0.25, -0.2) is 0 Å². The molecule has 0 aliphatic rings. The molecule has 10 heavy (non-hydrogen) atoms. The lowest BCUT2D eigenvalue weighted by Crippen LogP contribution is -1.87. The summed E-state index contributed by atoms with van der Waals surface area (Å²) in [6.45, 7) is 4.17. The normalized spacial score (nSPS) is 10.9. The maximum Gasteiger partial charge on any atom is 0.0183 e. The molecular formula is C10H14. The van der Waals surface area contributed by atoms with Crippen LogP contribution in [0.4, 0.5) is 0 Å². The Morgan fingerprint density at radius 1 is 1.50 bits per heavy atom. The molecule has 1 atom stereocenters. The van der Waals surface area contributed by atoms with Crippen molar-refractivity contribution in [3.8, 4) is 24.2 Å². The SMILES string of the molecule is C#CCCC(C)C#CCC. The van der Waals surface area contributed by atoms with Crippen molar-refractivity contribution in [1.29, 1.82) is 0 Å². The fourth-order valence-corrected chi connectivity index (χ4v) is 0.648. The molecule has 0 aliphatic heterocycles. The molecule has 0 aliphatic carbocycles. The third-order valence-electron chi connectivity index (χ3n) is 1.25. The van der Waals surface area contributed by atoms with Crippen molar-refractivity contribution in [2.24, 2.45) is 5.92 Å². The van der Waals surface area contributed by atoms with Crippen LogP contribution in [0.25, 0.3) is 0 Å². The highest BCUT2D eigenvalue weighted by Gasteiger charge is 1.92. The first-order valence-electron chi connectivity index (χ1n) is 3.73. The van der Waals surface area contributed by atoms with E-state index in [2.05, 4.69) is 31.6 Å². The van der Waals surface area contributed by atoms with Crippen LogP contribution in [0, 0.1) is 30.1 Å². The van der Waals surface area contributed by atoms with E-state index in [1.54, 1.807) is 0 Å². The summed E-state index contributed by atoms with van der Waals surface area (Å²) in [7, 11) is 0. The molecule has 0 radical (unpaired) electrons. The summed E-state index contributed by atoms with van der Waals surface area (Å²) in [6, 6.07) is 0. The molecule has 0 amide bonds. The van der Waals surface area contributed by atoms with E-state index in [0.717, 1.165) is 19.3 Å². The number of hydrogen-bond acceptors (Lipinski definition) is 0. The molecule has 0 saturated carbocycles. The van der Waals surface area contributed by atoms with Crippen LogP contribution < -0.4 is 0 Å². The average Bonchev–Trinajstić information content (AvgIpc) is 1.97. The van der Waals surface area contributed by atoms with Gasteiger partial charge in [-0.05, 0) is 6.42 Å². The van der Waals surface area contributed by atoms with Gasteiger partial charge in [0.25, 0.3) is 0 Å². The predicted octanol–water partition coefficient (Wildman–Crippen LogP) is 2.45. The van der Waals surface area contributed by atoms with Gasteiger partial charge < -0.3 is 0 Å². The topological polar surface area (TPSA) is 0 Å². The van der Waals surface area contributed by atoms with Crippen LogP contribution in [0.5, 0.6) is 0 Å². The minimum atomic E-state index is 0.469. The standard InChI is InChI=1S/C10H14/c1-4-6-8-10(3)9-7-5-2/h1,10H,5-6,8H2,2-3H3. The number of hydrogen-bond donors (Lipinski definition) is 0. The smallest absolute Gasteiger partial charge is 0.0183 e. The highest BCUT2D eigenvalue weighted by molar-refractivity contribution is 5.02. The lowest BCUT2D eigenvalue weighted by atomic mass is 10.1. The Morgan fingerprint density at radius 2 is 2.20 bits per heavy atom. The van der Waals surface area contributed by atoms with Gasteiger partial charge >= 0.3 is 0 Å². The summed E-state index contributed by atoms with van der Waals surface area (Å²) in [5.41, 5.74) is 0. The molecule has 0 heteroatoms. The molecule has 0 fully saturated rings. The van der Waals surface area contributed by atoms with E-state index in [4.69, 9.17) is 6.42 Å². The molecule has 0 heterocycles. The Kier molecular flexibility index (Phi) is 5.69. The molecule has 54 valence electrons. The summed E-state index contributed by atoms with van der Waals surface area (Å²) in [6.07, 6.45) is 7.93. The second-order valence-electron chi connectivity index (χ2n) is 2.32. The van der Waals surface area contributed by atoms with Crippen LogP contribution in [-0.2, 0) is 0 Å². The van der Waals surface area contributed by atoms with Crippen LogP contribution in [0.2, 0.25) is 0 Å². The van der Waals surface area contributed by atoms with Crippen molar-refractivity contribution in [3.63, 3.8) is 0 Å². The summed E-state index contributed by atoms with van der Waals surface area (Å²) in [4.78, 5) is 0. The van der Waals surface area contributed by atoms with Crippen molar-refractivity contribution in [1.82, 2.24) is 0 Å². The quantitative estimate of drug-likeness (QED) is 0.509. The largest absolute Gasteiger partial charge is 0.120 e. The van der Waals surface area contributed by atoms with Crippen LogP contribution in [0.3, 0.4) is 0 Å². The molecular weight excluding hydrogens is 120 g/mol. The molecule has 0 aromatic rings. The molecule has 0 nitrogen and oxygen atoms in total. The number of rotatable bonds is 2. The average molecular weight is 134 g/mol. The molecule has 0 aromatic heterocycles. The summed E-state index contributed by atoms with van der Waals surface area (Å²) in [5, 5.41) is 0. The second-order valence-corrected chi connectivity index (χ2v) is 2.32. The minimum absolute atomic E-state index is 0.469. The van der Waals surface area contributed by atoms with Crippen LogP contribution >= 0.6 is 0 Å². The summed E-state index contributed by atoms with van der Waals surface area (Å²) >= 11 is 0. The second kappa shape index (κ2) is 6.24. The van der Waals surface area contributed by atoms with Gasteiger partial charge in [-0.2, -0.15) is 0 Å². The molecule has 0 saturated heterocycles. The Bertz CT molecular complexity index is 161.